The smallest absolute Gasteiger partial charge is 0.328 e. The fraction of sp³-hybridized carbons (Fsp3) is 0.263. The Morgan fingerprint density at radius 2 is 2.04 bits per heavy atom. The van der Waals surface area contributed by atoms with Crippen LogP contribution in [0.25, 0.3) is 5.65 Å². The lowest BCUT2D eigenvalue weighted by molar-refractivity contribution is -0.145. The fourth-order valence-electron chi connectivity index (χ4n) is 2.75. The average Bonchev–Trinajstić information content (AvgIpc) is 3.06. The van der Waals surface area contributed by atoms with Crippen molar-refractivity contribution in [2.45, 2.75) is 26.3 Å². The molecule has 0 aliphatic rings. The monoisotopic (exact) mass is 368 g/mol. The first-order valence-electron chi connectivity index (χ1n) is 8.55. The van der Waals surface area contributed by atoms with Gasteiger partial charge in [-0.15, -0.1) is 0 Å². The number of rotatable bonds is 6. The summed E-state index contributed by atoms with van der Waals surface area (Å²) in [5.74, 6) is -1.16. The van der Waals surface area contributed by atoms with E-state index < -0.39 is 17.9 Å². The van der Waals surface area contributed by atoms with Crippen molar-refractivity contribution < 1.29 is 19.4 Å². The van der Waals surface area contributed by atoms with Crippen molar-refractivity contribution in [3.63, 3.8) is 0 Å². The van der Waals surface area contributed by atoms with Gasteiger partial charge in [0, 0.05) is 18.2 Å². The summed E-state index contributed by atoms with van der Waals surface area (Å²) in [5, 5.41) is 16.6. The Balaban J connectivity index is 1.87. The van der Waals surface area contributed by atoms with Gasteiger partial charge in [-0.1, -0.05) is 30.3 Å². The molecule has 0 bridgehead atoms. The van der Waals surface area contributed by atoms with E-state index in [1.807, 2.05) is 30.3 Å². The van der Waals surface area contributed by atoms with Crippen LogP contribution in [0.15, 0.2) is 42.6 Å². The molecule has 1 atom stereocenters. The minimum absolute atomic E-state index is 0.122. The van der Waals surface area contributed by atoms with Crippen molar-refractivity contribution in [3.05, 3.63) is 59.4 Å². The molecule has 3 aromatic rings. The van der Waals surface area contributed by atoms with Gasteiger partial charge in [0.2, 0.25) is 5.88 Å². The van der Waals surface area contributed by atoms with Crippen LogP contribution in [-0.2, 0) is 16.0 Å². The van der Waals surface area contributed by atoms with Crippen LogP contribution in [0.2, 0.25) is 0 Å². The molecule has 0 aliphatic carbocycles. The highest BCUT2D eigenvalue weighted by atomic mass is 16.5. The average molecular weight is 368 g/mol. The summed E-state index contributed by atoms with van der Waals surface area (Å²) in [6.07, 6.45) is 1.60. The van der Waals surface area contributed by atoms with Gasteiger partial charge in [-0.3, -0.25) is 4.79 Å². The summed E-state index contributed by atoms with van der Waals surface area (Å²) in [6.45, 7) is 3.62. The Labute approximate surface area is 155 Å². The number of aromatic nitrogens is 3. The molecule has 0 fully saturated rings. The van der Waals surface area contributed by atoms with Gasteiger partial charge in [0.1, 0.15) is 11.6 Å². The van der Waals surface area contributed by atoms with Crippen LogP contribution in [-0.4, -0.2) is 44.2 Å². The Kier molecular flexibility index (Phi) is 5.35. The minimum Gasteiger partial charge on any atom is -0.493 e. The number of fused-ring (bicyclic) bond motifs is 1. The number of amides is 1. The van der Waals surface area contributed by atoms with Gasteiger partial charge in [0.05, 0.1) is 12.8 Å². The summed E-state index contributed by atoms with van der Waals surface area (Å²) in [4.78, 5) is 29.3. The van der Waals surface area contributed by atoms with E-state index in [-0.39, 0.29) is 23.7 Å². The first kappa shape index (κ1) is 18.4. The molecule has 8 nitrogen and oxygen atoms in total. The predicted molar refractivity (Wildman–Crippen MR) is 97.4 cm³/mol. The number of nitrogens with one attached hydrogen (secondary N) is 1. The van der Waals surface area contributed by atoms with Gasteiger partial charge in [-0.05, 0) is 19.4 Å². The molecule has 2 heterocycles. The Morgan fingerprint density at radius 1 is 1.30 bits per heavy atom. The predicted octanol–water partition coefficient (Wildman–Crippen LogP) is 1.65. The number of ether oxygens (including phenoxy) is 1. The molecule has 0 spiro atoms. The molecule has 0 aliphatic heterocycles. The third-order valence-electron chi connectivity index (χ3n) is 3.98. The highest BCUT2D eigenvalue weighted by Gasteiger charge is 2.25. The number of aryl methyl sites for hydroxylation is 1. The van der Waals surface area contributed by atoms with Crippen molar-refractivity contribution >= 4 is 17.5 Å². The zero-order valence-corrected chi connectivity index (χ0v) is 15.0. The number of hydrogen-bond donors (Lipinski definition) is 2. The van der Waals surface area contributed by atoms with Gasteiger partial charge < -0.3 is 15.2 Å². The van der Waals surface area contributed by atoms with Gasteiger partial charge in [-0.25, -0.2) is 9.78 Å². The van der Waals surface area contributed by atoms with Crippen LogP contribution in [0.3, 0.4) is 0 Å². The minimum atomic E-state index is -0.854. The third kappa shape index (κ3) is 4.05. The lowest BCUT2D eigenvalue weighted by atomic mass is 10.1. The van der Waals surface area contributed by atoms with Crippen LogP contribution < -0.4 is 5.32 Å². The van der Waals surface area contributed by atoms with Crippen molar-refractivity contribution in [1.29, 1.82) is 0 Å². The first-order chi connectivity index (χ1) is 13.0. The summed E-state index contributed by atoms with van der Waals surface area (Å²) >= 11 is 0. The molecule has 2 N–H and O–H groups in total. The Bertz CT molecular complexity index is 969. The molecule has 1 aromatic carbocycles. The van der Waals surface area contributed by atoms with Gasteiger partial charge in [0.15, 0.2) is 5.65 Å². The summed E-state index contributed by atoms with van der Waals surface area (Å²) in [7, 11) is 0. The first-order valence-corrected chi connectivity index (χ1v) is 8.55. The SMILES string of the molecule is CCOC(=O)C(Cc1ccccc1)NC(=O)c1cnn2c(O)cc(C)nc12. The largest absolute Gasteiger partial charge is 0.493 e. The lowest BCUT2D eigenvalue weighted by Crippen LogP contribution is -2.43. The van der Waals surface area contributed by atoms with E-state index in [2.05, 4.69) is 15.4 Å². The third-order valence-corrected chi connectivity index (χ3v) is 3.98. The molecule has 8 heteroatoms. The maximum absolute atomic E-state index is 12.8. The zero-order chi connectivity index (χ0) is 19.4. The number of carbonyl (C=O) groups excluding carboxylic acids is 2. The number of benzene rings is 1. The Morgan fingerprint density at radius 3 is 2.74 bits per heavy atom. The van der Waals surface area contributed by atoms with Crippen LogP contribution >= 0.6 is 0 Å². The molecule has 0 saturated heterocycles. The molecular weight excluding hydrogens is 348 g/mol. The van der Waals surface area contributed by atoms with E-state index in [1.54, 1.807) is 13.8 Å². The van der Waals surface area contributed by atoms with Crippen LogP contribution in [0.5, 0.6) is 5.88 Å². The normalized spacial score (nSPS) is 11.9. The van der Waals surface area contributed by atoms with Gasteiger partial charge >= 0.3 is 5.97 Å². The van der Waals surface area contributed by atoms with Crippen LogP contribution in [0, 0.1) is 6.92 Å². The van der Waals surface area contributed by atoms with Crippen molar-refractivity contribution in [3.8, 4) is 5.88 Å². The maximum atomic E-state index is 12.8. The Hall–Kier alpha value is -3.42. The molecule has 140 valence electrons. The number of esters is 1. The molecule has 3 rings (SSSR count). The standard InChI is InChI=1S/C19H20N4O4/c1-3-27-19(26)15(10-13-7-5-4-6-8-13)22-18(25)14-11-20-23-16(24)9-12(2)21-17(14)23/h4-9,11,15,24H,3,10H2,1-2H3,(H,22,25). The van der Waals surface area contributed by atoms with E-state index in [9.17, 15) is 14.7 Å². The van der Waals surface area contributed by atoms with Crippen molar-refractivity contribution in [2.75, 3.05) is 6.61 Å². The number of hydrogen-bond acceptors (Lipinski definition) is 6. The van der Waals surface area contributed by atoms with E-state index >= 15 is 0 Å². The molecule has 0 radical (unpaired) electrons. The molecular formula is C19H20N4O4. The second-order valence-corrected chi connectivity index (χ2v) is 6.02. The van der Waals surface area contributed by atoms with Gasteiger partial charge in [-0.2, -0.15) is 9.61 Å². The topological polar surface area (TPSA) is 106 Å². The molecule has 27 heavy (non-hydrogen) atoms. The van der Waals surface area contributed by atoms with Gasteiger partial charge in [0.25, 0.3) is 5.91 Å². The number of nitrogens with zero attached hydrogens (tertiary/aromatic N) is 3. The van der Waals surface area contributed by atoms with Crippen molar-refractivity contribution in [1.82, 2.24) is 19.9 Å². The van der Waals surface area contributed by atoms with E-state index in [1.165, 1.54) is 16.8 Å². The fourth-order valence-corrected chi connectivity index (χ4v) is 2.75. The summed E-state index contributed by atoms with van der Waals surface area (Å²) in [5.41, 5.74) is 1.81. The molecule has 0 saturated carbocycles. The second-order valence-electron chi connectivity index (χ2n) is 6.02. The summed E-state index contributed by atoms with van der Waals surface area (Å²) < 4.78 is 6.26. The second kappa shape index (κ2) is 7.86. The zero-order valence-electron chi connectivity index (χ0n) is 15.0. The molecule has 2 aromatic heterocycles. The molecule has 1 amide bonds. The van der Waals surface area contributed by atoms with Crippen LogP contribution in [0.1, 0.15) is 28.5 Å². The molecule has 1 unspecified atom stereocenters. The van der Waals surface area contributed by atoms with E-state index in [0.29, 0.717) is 12.1 Å². The highest BCUT2D eigenvalue weighted by molar-refractivity contribution is 6.01. The number of carbonyl (C=O) groups is 2. The lowest BCUT2D eigenvalue weighted by Gasteiger charge is -2.17. The van der Waals surface area contributed by atoms with E-state index in [4.69, 9.17) is 4.74 Å². The van der Waals surface area contributed by atoms with Crippen LogP contribution in [0.4, 0.5) is 0 Å². The highest BCUT2D eigenvalue weighted by Crippen LogP contribution is 2.16. The quantitative estimate of drug-likeness (QED) is 0.641. The number of aromatic hydroxyl groups is 1. The maximum Gasteiger partial charge on any atom is 0.328 e. The van der Waals surface area contributed by atoms with E-state index in [0.717, 1.165) is 5.56 Å². The summed E-state index contributed by atoms with van der Waals surface area (Å²) in [6, 6.07) is 9.93. The van der Waals surface area contributed by atoms with Crippen molar-refractivity contribution in [2.24, 2.45) is 0 Å².